The summed E-state index contributed by atoms with van der Waals surface area (Å²) in [6.45, 7) is 0. The van der Waals surface area contributed by atoms with E-state index in [1.165, 1.54) is 60.5 Å². The van der Waals surface area contributed by atoms with Gasteiger partial charge < -0.3 is 4.57 Å². The molecule has 4 heteroatoms. The van der Waals surface area contributed by atoms with Gasteiger partial charge in [-0.05, 0) is 87.3 Å². The lowest BCUT2D eigenvalue weighted by atomic mass is 9.99. The number of rotatable bonds is 5. The molecule has 3 aromatic heterocycles. The van der Waals surface area contributed by atoms with Gasteiger partial charge in [-0.2, -0.15) is 0 Å². The van der Waals surface area contributed by atoms with E-state index in [-0.39, 0.29) is 0 Å². The fourth-order valence-corrected chi connectivity index (χ4v) is 9.84. The fraction of sp³-hybridized carbons (Fsp3) is 0. The van der Waals surface area contributed by atoms with Crippen LogP contribution >= 0.6 is 0 Å². The van der Waals surface area contributed by atoms with Crippen molar-refractivity contribution in [2.24, 2.45) is 0 Å². The van der Waals surface area contributed by atoms with Gasteiger partial charge >= 0.3 is 0 Å². The highest BCUT2D eigenvalue weighted by Gasteiger charge is 2.25. The smallest absolute Gasteiger partial charge is 0.162 e. The minimum Gasteiger partial charge on any atom is -0.309 e. The summed E-state index contributed by atoms with van der Waals surface area (Å²) >= 11 is 0. The van der Waals surface area contributed by atoms with Gasteiger partial charge in [0, 0.05) is 38.4 Å². The lowest BCUT2D eigenvalue weighted by Crippen LogP contribution is -1.99. The number of para-hydroxylation sites is 2. The van der Waals surface area contributed by atoms with Gasteiger partial charge in [0.05, 0.1) is 33.3 Å². The molecule has 12 aromatic rings. The van der Waals surface area contributed by atoms with Crippen molar-refractivity contribution in [2.75, 3.05) is 0 Å². The molecule has 0 amide bonds. The molecule has 0 bridgehead atoms. The molecular formula is C56H34N4. The Kier molecular flexibility index (Phi) is 6.98. The normalized spacial score (nSPS) is 12.0. The van der Waals surface area contributed by atoms with Gasteiger partial charge in [0.2, 0.25) is 0 Å². The van der Waals surface area contributed by atoms with E-state index in [1.54, 1.807) is 0 Å². The summed E-state index contributed by atoms with van der Waals surface area (Å²) in [4.78, 5) is 10.7. The lowest BCUT2D eigenvalue weighted by Gasteiger charge is -2.13. The molecule has 0 saturated heterocycles. The Labute approximate surface area is 345 Å². The number of hydrogen-bond acceptors (Lipinski definition) is 2. The number of fused-ring (bicyclic) bond motifs is 9. The standard InChI is InChI=1S/C56H34N4/c1-4-15-35(16-5-1)54-53-47-34-38(28-31-51(47)59(39-19-8-3-9-20-39)56(53)58-55(57-54)36-17-6-2-7-18-36)37-27-30-50-46(33-37)42-23-12-13-26-48(42)60(50)49-32-29-44-41-22-11-10-21-40(41)43-24-14-25-45(49)52(43)44/h1-34H. The molecule has 0 fully saturated rings. The average molecular weight is 763 g/mol. The van der Waals surface area contributed by atoms with Crippen molar-refractivity contribution in [1.82, 2.24) is 19.1 Å². The maximum atomic E-state index is 5.35. The van der Waals surface area contributed by atoms with Crippen molar-refractivity contribution in [1.29, 1.82) is 0 Å². The van der Waals surface area contributed by atoms with Crippen LogP contribution in [0.3, 0.4) is 0 Å². The van der Waals surface area contributed by atoms with Crippen LogP contribution in [0, 0.1) is 0 Å². The Morgan fingerprint density at radius 2 is 0.883 bits per heavy atom. The Hall–Kier alpha value is -8.08. The second kappa shape index (κ2) is 12.7. The summed E-state index contributed by atoms with van der Waals surface area (Å²) in [5.41, 5.74) is 17.1. The number of aromatic nitrogens is 4. The minimum atomic E-state index is 0.703. The van der Waals surface area contributed by atoms with Crippen LogP contribution in [0.4, 0.5) is 0 Å². The second-order valence-electron chi connectivity index (χ2n) is 15.7. The Bertz CT molecular complexity index is 3660. The number of benzene rings is 9. The van der Waals surface area contributed by atoms with E-state index in [2.05, 4.69) is 197 Å². The van der Waals surface area contributed by atoms with Gasteiger partial charge in [0.15, 0.2) is 5.82 Å². The van der Waals surface area contributed by atoms with Crippen LogP contribution in [0.2, 0.25) is 0 Å². The van der Waals surface area contributed by atoms with Crippen molar-refractivity contribution >= 4 is 54.5 Å². The summed E-state index contributed by atoms with van der Waals surface area (Å²) in [6.07, 6.45) is 0. The highest BCUT2D eigenvalue weighted by atomic mass is 15.1. The summed E-state index contributed by atoms with van der Waals surface area (Å²) in [7, 11) is 0. The van der Waals surface area contributed by atoms with Gasteiger partial charge in [-0.1, -0.05) is 158 Å². The summed E-state index contributed by atoms with van der Waals surface area (Å²) in [5.74, 6) is 0.703. The topological polar surface area (TPSA) is 35.6 Å². The number of hydrogen-bond donors (Lipinski definition) is 0. The minimum absolute atomic E-state index is 0.703. The first-order chi connectivity index (χ1) is 29.8. The van der Waals surface area contributed by atoms with Crippen molar-refractivity contribution in [2.45, 2.75) is 0 Å². The molecule has 0 unspecified atom stereocenters. The fourth-order valence-electron chi connectivity index (χ4n) is 9.84. The molecule has 0 atom stereocenters. The molecule has 9 aromatic carbocycles. The molecule has 0 saturated carbocycles. The first-order valence-electron chi connectivity index (χ1n) is 20.5. The van der Waals surface area contributed by atoms with E-state index in [0.717, 1.165) is 55.6 Å². The zero-order chi connectivity index (χ0) is 39.3. The monoisotopic (exact) mass is 762 g/mol. The third-order valence-corrected chi connectivity index (χ3v) is 12.5. The third-order valence-electron chi connectivity index (χ3n) is 12.5. The SMILES string of the molecule is c1ccc(-c2nc(-c3ccccc3)c3c4cc(-c5ccc6c(c5)c5ccccc5n6-c5ccc6c7c(cccc57)-c5ccccc5-6)ccc4n(-c4ccccc4)c3n2)cc1. The summed E-state index contributed by atoms with van der Waals surface area (Å²) < 4.78 is 4.76. The number of nitrogens with zero attached hydrogens (tertiary/aromatic N) is 4. The Morgan fingerprint density at radius 1 is 0.317 bits per heavy atom. The van der Waals surface area contributed by atoms with Gasteiger partial charge in [-0.25, -0.2) is 9.97 Å². The first kappa shape index (κ1) is 32.9. The van der Waals surface area contributed by atoms with Gasteiger partial charge in [0.25, 0.3) is 0 Å². The zero-order valence-corrected chi connectivity index (χ0v) is 32.4. The largest absolute Gasteiger partial charge is 0.309 e. The van der Waals surface area contributed by atoms with Crippen LogP contribution in [0.25, 0.3) is 122 Å². The van der Waals surface area contributed by atoms with Crippen LogP contribution in [-0.2, 0) is 0 Å². The first-order valence-corrected chi connectivity index (χ1v) is 20.5. The summed E-state index contributed by atoms with van der Waals surface area (Å²) in [5, 5.41) is 7.20. The molecule has 4 nitrogen and oxygen atoms in total. The molecule has 60 heavy (non-hydrogen) atoms. The quantitative estimate of drug-likeness (QED) is 0.175. The highest BCUT2D eigenvalue weighted by molar-refractivity contribution is 6.19. The summed E-state index contributed by atoms with van der Waals surface area (Å²) in [6, 6.07) is 74.2. The van der Waals surface area contributed by atoms with Crippen LogP contribution in [0.15, 0.2) is 206 Å². The average Bonchev–Trinajstić information content (AvgIpc) is 3.96. The Morgan fingerprint density at radius 3 is 1.63 bits per heavy atom. The molecule has 1 aliphatic rings. The van der Waals surface area contributed by atoms with Crippen LogP contribution in [0.1, 0.15) is 0 Å². The predicted octanol–water partition coefficient (Wildman–Crippen LogP) is 14.5. The molecule has 0 radical (unpaired) electrons. The van der Waals surface area contributed by atoms with Crippen molar-refractivity contribution < 1.29 is 0 Å². The van der Waals surface area contributed by atoms with E-state index in [1.807, 2.05) is 18.2 Å². The van der Waals surface area contributed by atoms with Gasteiger partial charge in [-0.15, -0.1) is 0 Å². The van der Waals surface area contributed by atoms with Crippen LogP contribution in [-0.4, -0.2) is 19.1 Å². The van der Waals surface area contributed by atoms with Crippen LogP contribution in [0.5, 0.6) is 0 Å². The predicted molar refractivity (Wildman–Crippen MR) is 249 cm³/mol. The van der Waals surface area contributed by atoms with E-state index in [9.17, 15) is 0 Å². The molecule has 278 valence electrons. The van der Waals surface area contributed by atoms with E-state index in [0.29, 0.717) is 5.82 Å². The molecule has 0 aliphatic heterocycles. The highest BCUT2D eigenvalue weighted by Crippen LogP contribution is 2.49. The molecule has 13 rings (SSSR count). The molecule has 3 heterocycles. The zero-order valence-electron chi connectivity index (χ0n) is 32.4. The van der Waals surface area contributed by atoms with Crippen molar-refractivity contribution in [3.05, 3.63) is 206 Å². The molecule has 0 spiro atoms. The van der Waals surface area contributed by atoms with Crippen molar-refractivity contribution in [3.8, 4) is 67.4 Å². The molecular weight excluding hydrogens is 729 g/mol. The van der Waals surface area contributed by atoms with Gasteiger partial charge in [0.1, 0.15) is 5.65 Å². The van der Waals surface area contributed by atoms with Gasteiger partial charge in [-0.3, -0.25) is 4.57 Å². The van der Waals surface area contributed by atoms with Crippen LogP contribution < -0.4 is 0 Å². The Balaban J connectivity index is 1.04. The maximum Gasteiger partial charge on any atom is 0.162 e. The third kappa shape index (κ3) is 4.73. The van der Waals surface area contributed by atoms with Crippen molar-refractivity contribution in [3.63, 3.8) is 0 Å². The maximum absolute atomic E-state index is 5.35. The molecule has 1 aliphatic carbocycles. The molecule has 0 N–H and O–H groups in total. The lowest BCUT2D eigenvalue weighted by molar-refractivity contribution is 1.11. The second-order valence-corrected chi connectivity index (χ2v) is 15.7. The van der Waals surface area contributed by atoms with E-state index >= 15 is 0 Å². The van der Waals surface area contributed by atoms with E-state index in [4.69, 9.17) is 9.97 Å². The van der Waals surface area contributed by atoms with E-state index < -0.39 is 0 Å².